The minimum atomic E-state index is -0.319. The van der Waals surface area contributed by atoms with E-state index in [2.05, 4.69) is 23.5 Å². The second-order valence-corrected chi connectivity index (χ2v) is 10.8. The van der Waals surface area contributed by atoms with E-state index in [1.165, 1.54) is 6.42 Å². The van der Waals surface area contributed by atoms with Crippen molar-refractivity contribution in [2.24, 2.45) is 11.8 Å². The summed E-state index contributed by atoms with van der Waals surface area (Å²) in [6, 6.07) is 16.8. The van der Waals surface area contributed by atoms with E-state index in [1.54, 1.807) is 24.3 Å². The highest BCUT2D eigenvalue weighted by Gasteiger charge is 2.27. The smallest absolute Gasteiger partial charge is 0.257 e. The van der Waals surface area contributed by atoms with Gasteiger partial charge in [0, 0.05) is 29.5 Å². The number of nitrogens with zero attached hydrogens (tertiary/aromatic N) is 4. The molecule has 1 heterocycles. The molecule has 3 aromatic rings. The first kappa shape index (κ1) is 27.1. The number of benzene rings is 2. The molecule has 2 unspecified atom stereocenters. The summed E-state index contributed by atoms with van der Waals surface area (Å²) in [7, 11) is 0. The van der Waals surface area contributed by atoms with Gasteiger partial charge >= 0.3 is 0 Å². The van der Waals surface area contributed by atoms with Gasteiger partial charge in [-0.25, -0.2) is 4.98 Å². The molecule has 2 aliphatic carbocycles. The predicted octanol–water partition coefficient (Wildman–Crippen LogP) is 6.83. The number of carbonyl (C=O) groups excluding carboxylic acids is 2. The number of hydrogen-bond donors (Lipinski definition) is 1. The fourth-order valence-electron chi connectivity index (χ4n) is 5.88. The molecule has 202 valence electrons. The Morgan fingerprint density at radius 2 is 1.85 bits per heavy atom. The van der Waals surface area contributed by atoms with Crippen LogP contribution in [-0.2, 0) is 11.3 Å². The molecule has 2 aromatic carbocycles. The predicted molar refractivity (Wildman–Crippen MR) is 154 cm³/mol. The van der Waals surface area contributed by atoms with Crippen LogP contribution in [0.1, 0.15) is 79.3 Å². The van der Waals surface area contributed by atoms with Crippen LogP contribution in [0.15, 0.2) is 66.3 Å². The monoisotopic (exact) mass is 531 g/mol. The highest BCUT2D eigenvalue weighted by molar-refractivity contribution is 6.04. The number of nitrogens with one attached hydrogen (secondary N) is 1. The van der Waals surface area contributed by atoms with Crippen LogP contribution in [0.5, 0.6) is 0 Å². The molecule has 0 saturated heterocycles. The third-order valence-electron chi connectivity index (χ3n) is 8.31. The van der Waals surface area contributed by atoms with Gasteiger partial charge in [0.25, 0.3) is 5.91 Å². The standard InChI is InChI=1S/C33H33N5O2/c1-22(31(39)25-8-3-2-4-9-25)27-15-16-30-29(19-27)36-33(37-32(40)26-13-11-23(20-34)12-14-26)38(30)18-17-24-7-5-6-10-28(24)21-35/h5-6,10-16,19,22,24-25H,2-4,7-9,17-18H2,1H3,(H,36,37,40). The molecule has 40 heavy (non-hydrogen) atoms. The van der Waals surface area contributed by atoms with Crippen molar-refractivity contribution >= 4 is 28.7 Å². The summed E-state index contributed by atoms with van der Waals surface area (Å²) in [5.74, 6) is 0.413. The van der Waals surface area contributed by atoms with Gasteiger partial charge in [-0.2, -0.15) is 10.5 Å². The molecule has 0 aliphatic heterocycles. The quantitative estimate of drug-likeness (QED) is 0.342. The number of allylic oxidation sites excluding steroid dienone is 4. The number of hydrogen-bond acceptors (Lipinski definition) is 5. The SMILES string of the molecule is CC(C(=O)C1CCCCC1)c1ccc2c(c1)nc(NC(=O)c1ccc(C#N)cc1)n2CCC1CC=CC=C1C#N. The topological polar surface area (TPSA) is 112 Å². The van der Waals surface area contributed by atoms with E-state index >= 15 is 0 Å². The Morgan fingerprint density at radius 3 is 2.58 bits per heavy atom. The molecule has 2 aliphatic rings. The number of carbonyl (C=O) groups is 2. The van der Waals surface area contributed by atoms with E-state index in [0.29, 0.717) is 35.8 Å². The number of rotatable bonds is 8. The van der Waals surface area contributed by atoms with Crippen LogP contribution < -0.4 is 5.32 Å². The van der Waals surface area contributed by atoms with E-state index in [-0.39, 0.29) is 23.7 Å². The summed E-state index contributed by atoms with van der Waals surface area (Å²) in [5.41, 5.74) is 4.19. The van der Waals surface area contributed by atoms with Crippen LogP contribution in [0.3, 0.4) is 0 Å². The van der Waals surface area contributed by atoms with Crippen LogP contribution >= 0.6 is 0 Å². The van der Waals surface area contributed by atoms with Crippen molar-refractivity contribution in [3.63, 3.8) is 0 Å². The van der Waals surface area contributed by atoms with Crippen molar-refractivity contribution in [3.8, 4) is 12.1 Å². The fourth-order valence-corrected chi connectivity index (χ4v) is 5.88. The zero-order chi connectivity index (χ0) is 28.1. The van der Waals surface area contributed by atoms with Crippen molar-refractivity contribution in [3.05, 3.63) is 83.0 Å². The Hall–Kier alpha value is -4.49. The minimum Gasteiger partial charge on any atom is -0.310 e. The Kier molecular flexibility index (Phi) is 8.22. The average molecular weight is 532 g/mol. The summed E-state index contributed by atoms with van der Waals surface area (Å²) in [5, 5.41) is 21.6. The maximum Gasteiger partial charge on any atom is 0.257 e. The molecule has 1 amide bonds. The number of amides is 1. The van der Waals surface area contributed by atoms with Crippen molar-refractivity contribution in [1.82, 2.24) is 9.55 Å². The fraction of sp³-hybridized carbons (Fsp3) is 0.364. The van der Waals surface area contributed by atoms with E-state index in [1.807, 2.05) is 41.8 Å². The lowest BCUT2D eigenvalue weighted by atomic mass is 9.80. The number of nitriles is 2. The summed E-state index contributed by atoms with van der Waals surface area (Å²) in [6.07, 6.45) is 12.8. The number of ketones is 1. The molecule has 0 radical (unpaired) electrons. The lowest BCUT2D eigenvalue weighted by molar-refractivity contribution is -0.124. The molecular weight excluding hydrogens is 498 g/mol. The maximum absolute atomic E-state index is 13.3. The zero-order valence-electron chi connectivity index (χ0n) is 22.8. The number of aromatic nitrogens is 2. The Balaban J connectivity index is 1.44. The summed E-state index contributed by atoms with van der Waals surface area (Å²) in [6.45, 7) is 2.54. The first-order valence-corrected chi connectivity index (χ1v) is 14.1. The lowest BCUT2D eigenvalue weighted by Gasteiger charge is -2.23. The molecule has 2 atom stereocenters. The van der Waals surface area contributed by atoms with Crippen LogP contribution in [0.25, 0.3) is 11.0 Å². The number of fused-ring (bicyclic) bond motifs is 1. The lowest BCUT2D eigenvalue weighted by Crippen LogP contribution is -2.22. The first-order chi connectivity index (χ1) is 19.5. The number of imidazole rings is 1. The van der Waals surface area contributed by atoms with Gasteiger partial charge in [0.15, 0.2) is 0 Å². The Morgan fingerprint density at radius 1 is 1.07 bits per heavy atom. The third kappa shape index (κ3) is 5.75. The van der Waals surface area contributed by atoms with Crippen molar-refractivity contribution < 1.29 is 9.59 Å². The second kappa shape index (κ2) is 12.1. The Bertz CT molecular complexity index is 1560. The largest absolute Gasteiger partial charge is 0.310 e. The molecule has 0 spiro atoms. The van der Waals surface area contributed by atoms with E-state index in [4.69, 9.17) is 10.2 Å². The van der Waals surface area contributed by atoms with Crippen molar-refractivity contribution in [2.75, 3.05) is 5.32 Å². The summed E-state index contributed by atoms with van der Waals surface area (Å²) >= 11 is 0. The minimum absolute atomic E-state index is 0.0990. The molecular formula is C33H33N5O2. The first-order valence-electron chi connectivity index (χ1n) is 14.1. The van der Waals surface area contributed by atoms with Gasteiger partial charge in [-0.3, -0.25) is 14.9 Å². The van der Waals surface area contributed by atoms with Crippen LogP contribution in [0.4, 0.5) is 5.95 Å². The number of anilines is 1. The molecule has 1 aromatic heterocycles. The number of aryl methyl sites for hydroxylation is 1. The van der Waals surface area contributed by atoms with Gasteiger partial charge in [-0.05, 0) is 79.6 Å². The van der Waals surface area contributed by atoms with E-state index in [0.717, 1.165) is 54.3 Å². The molecule has 1 saturated carbocycles. The van der Waals surface area contributed by atoms with Crippen LogP contribution in [-0.4, -0.2) is 21.2 Å². The van der Waals surface area contributed by atoms with Gasteiger partial charge in [-0.1, -0.05) is 44.4 Å². The van der Waals surface area contributed by atoms with Crippen LogP contribution in [0, 0.1) is 34.5 Å². The molecule has 7 nitrogen and oxygen atoms in total. The summed E-state index contributed by atoms with van der Waals surface area (Å²) < 4.78 is 1.99. The second-order valence-electron chi connectivity index (χ2n) is 10.8. The highest BCUT2D eigenvalue weighted by Crippen LogP contribution is 2.33. The molecule has 0 bridgehead atoms. The normalized spacial score (nSPS) is 18.0. The third-order valence-corrected chi connectivity index (χ3v) is 8.31. The average Bonchev–Trinajstić information content (AvgIpc) is 3.35. The van der Waals surface area contributed by atoms with Crippen LogP contribution in [0.2, 0.25) is 0 Å². The molecule has 1 N–H and O–H groups in total. The molecule has 5 rings (SSSR count). The van der Waals surface area contributed by atoms with Crippen molar-refractivity contribution in [1.29, 1.82) is 10.5 Å². The maximum atomic E-state index is 13.3. The van der Waals surface area contributed by atoms with Crippen molar-refractivity contribution in [2.45, 2.75) is 64.3 Å². The molecule has 7 heteroatoms. The zero-order valence-corrected chi connectivity index (χ0v) is 22.8. The molecule has 1 fully saturated rings. The van der Waals surface area contributed by atoms with Gasteiger partial charge in [-0.15, -0.1) is 0 Å². The van der Waals surface area contributed by atoms with Gasteiger partial charge in [0.05, 0.1) is 28.7 Å². The Labute approximate surface area is 234 Å². The number of Topliss-reactive ketones (excluding diaryl/α,β-unsaturated/α-hetero) is 1. The van der Waals surface area contributed by atoms with Gasteiger partial charge < -0.3 is 4.57 Å². The van der Waals surface area contributed by atoms with E-state index < -0.39 is 0 Å². The van der Waals surface area contributed by atoms with Gasteiger partial charge in [0.1, 0.15) is 5.78 Å². The van der Waals surface area contributed by atoms with Gasteiger partial charge in [0.2, 0.25) is 5.95 Å². The summed E-state index contributed by atoms with van der Waals surface area (Å²) in [4.78, 5) is 31.2. The highest BCUT2D eigenvalue weighted by atomic mass is 16.2. The van der Waals surface area contributed by atoms with E-state index in [9.17, 15) is 14.9 Å².